The average Bonchev–Trinajstić information content (AvgIpc) is 3.10. The lowest BCUT2D eigenvalue weighted by atomic mass is 10.0. The van der Waals surface area contributed by atoms with Gasteiger partial charge in [-0.2, -0.15) is 4.31 Å². The molecule has 3 aliphatic heterocycles. The summed E-state index contributed by atoms with van der Waals surface area (Å²) < 4.78 is 39.3. The van der Waals surface area contributed by atoms with Gasteiger partial charge >= 0.3 is 0 Å². The van der Waals surface area contributed by atoms with Crippen molar-refractivity contribution < 1.29 is 17.9 Å². The van der Waals surface area contributed by atoms with Crippen molar-refractivity contribution in [1.29, 1.82) is 0 Å². The summed E-state index contributed by atoms with van der Waals surface area (Å²) in [6.07, 6.45) is 4.42. The van der Waals surface area contributed by atoms with Crippen molar-refractivity contribution in [3.05, 3.63) is 30.3 Å². The van der Waals surface area contributed by atoms with E-state index in [-0.39, 0.29) is 4.90 Å². The van der Waals surface area contributed by atoms with Crippen molar-refractivity contribution >= 4 is 21.7 Å². The van der Waals surface area contributed by atoms with Crippen LogP contribution in [0.5, 0.6) is 11.5 Å². The lowest BCUT2D eigenvalue weighted by Crippen LogP contribution is -2.49. The predicted molar refractivity (Wildman–Crippen MR) is 126 cm³/mol. The number of hydrogen-bond donors (Lipinski definition) is 0. The number of rotatable bonds is 4. The molecule has 1 aromatic carbocycles. The van der Waals surface area contributed by atoms with Gasteiger partial charge in [-0.1, -0.05) is 0 Å². The molecule has 0 radical (unpaired) electrons. The van der Waals surface area contributed by atoms with Gasteiger partial charge in [-0.15, -0.1) is 10.2 Å². The SMILES string of the molecule is CC1CCCCN1c1ccc(N2CCN(S(=O)(=O)c3ccc4c(c3)OCCCO4)CC2)nn1. The zero-order valence-electron chi connectivity index (χ0n) is 19.0. The summed E-state index contributed by atoms with van der Waals surface area (Å²) in [5.41, 5.74) is 0. The maximum Gasteiger partial charge on any atom is 0.243 e. The van der Waals surface area contributed by atoms with Crippen LogP contribution in [0, 0.1) is 0 Å². The van der Waals surface area contributed by atoms with Crippen LogP contribution in [-0.2, 0) is 10.0 Å². The maximum absolute atomic E-state index is 13.2. The first-order chi connectivity index (χ1) is 16.0. The summed E-state index contributed by atoms with van der Waals surface area (Å²) in [5.74, 6) is 2.79. The van der Waals surface area contributed by atoms with Crippen molar-refractivity contribution in [1.82, 2.24) is 14.5 Å². The Morgan fingerprint density at radius 2 is 1.58 bits per heavy atom. The fourth-order valence-corrected chi connectivity index (χ4v) is 6.13. The number of anilines is 2. The Morgan fingerprint density at radius 1 is 0.848 bits per heavy atom. The van der Waals surface area contributed by atoms with Crippen molar-refractivity contribution in [3.63, 3.8) is 0 Å². The van der Waals surface area contributed by atoms with Gasteiger partial charge in [-0.25, -0.2) is 8.42 Å². The summed E-state index contributed by atoms with van der Waals surface area (Å²) >= 11 is 0. The molecule has 1 atom stereocenters. The van der Waals surface area contributed by atoms with Crippen LogP contribution in [0.25, 0.3) is 0 Å². The number of piperidine rings is 1. The van der Waals surface area contributed by atoms with Crippen LogP contribution < -0.4 is 19.3 Å². The molecule has 2 fully saturated rings. The molecule has 0 spiro atoms. The second kappa shape index (κ2) is 9.34. The summed E-state index contributed by atoms with van der Waals surface area (Å²) in [4.78, 5) is 4.65. The second-order valence-corrected chi connectivity index (χ2v) is 10.8. The lowest BCUT2D eigenvalue weighted by molar-refractivity contribution is 0.296. The second-order valence-electron chi connectivity index (χ2n) is 8.84. The van der Waals surface area contributed by atoms with E-state index >= 15 is 0 Å². The van der Waals surface area contributed by atoms with E-state index in [1.807, 2.05) is 12.1 Å². The van der Waals surface area contributed by atoms with Gasteiger partial charge < -0.3 is 19.3 Å². The molecular formula is C23H31N5O4S. The standard InChI is InChI=1S/C23H31N5O4S/c1-18-5-2-3-10-28(18)23-9-8-22(24-25-23)26-11-13-27(14-12-26)33(29,30)19-6-7-20-21(17-19)32-16-4-15-31-20/h6-9,17-18H,2-5,10-16H2,1H3. The highest BCUT2D eigenvalue weighted by Gasteiger charge is 2.30. The number of piperazine rings is 1. The number of aromatic nitrogens is 2. The Labute approximate surface area is 195 Å². The number of ether oxygens (including phenoxy) is 2. The zero-order valence-corrected chi connectivity index (χ0v) is 19.8. The van der Waals surface area contributed by atoms with Gasteiger partial charge in [0.1, 0.15) is 0 Å². The Balaban J connectivity index is 1.24. The Morgan fingerprint density at radius 3 is 2.30 bits per heavy atom. The van der Waals surface area contributed by atoms with Crippen LogP contribution >= 0.6 is 0 Å². The van der Waals surface area contributed by atoms with Gasteiger partial charge in [0.05, 0.1) is 18.1 Å². The molecule has 5 rings (SSSR count). The van der Waals surface area contributed by atoms with Crippen LogP contribution in [0.1, 0.15) is 32.6 Å². The van der Waals surface area contributed by atoms with Crippen LogP contribution in [0.3, 0.4) is 0 Å². The third-order valence-electron chi connectivity index (χ3n) is 6.65. The molecule has 178 valence electrons. The van der Waals surface area contributed by atoms with E-state index in [1.165, 1.54) is 23.6 Å². The van der Waals surface area contributed by atoms with E-state index in [2.05, 4.69) is 26.9 Å². The zero-order chi connectivity index (χ0) is 22.8. The van der Waals surface area contributed by atoms with Crippen LogP contribution in [0.15, 0.2) is 35.2 Å². The highest BCUT2D eigenvalue weighted by atomic mass is 32.2. The van der Waals surface area contributed by atoms with E-state index in [1.54, 1.807) is 18.2 Å². The Hall–Kier alpha value is -2.59. The Kier molecular flexibility index (Phi) is 6.29. The molecule has 33 heavy (non-hydrogen) atoms. The molecule has 2 aromatic rings. The summed E-state index contributed by atoms with van der Waals surface area (Å²) in [5, 5.41) is 8.92. The predicted octanol–water partition coefficient (Wildman–Crippen LogP) is 2.53. The van der Waals surface area contributed by atoms with E-state index in [9.17, 15) is 8.42 Å². The van der Waals surface area contributed by atoms with Gasteiger partial charge in [-0.05, 0) is 50.5 Å². The first-order valence-electron chi connectivity index (χ1n) is 11.8. The molecule has 0 bridgehead atoms. The summed E-state index contributed by atoms with van der Waals surface area (Å²) in [6, 6.07) is 9.37. The van der Waals surface area contributed by atoms with Gasteiger partial charge in [0.2, 0.25) is 10.0 Å². The molecule has 0 N–H and O–H groups in total. The van der Waals surface area contributed by atoms with E-state index in [0.29, 0.717) is 56.9 Å². The molecule has 0 amide bonds. The molecule has 2 saturated heterocycles. The first-order valence-corrected chi connectivity index (χ1v) is 13.2. The first kappa shape index (κ1) is 22.2. The maximum atomic E-state index is 13.2. The topological polar surface area (TPSA) is 88.1 Å². The minimum absolute atomic E-state index is 0.236. The molecular weight excluding hydrogens is 442 g/mol. The third-order valence-corrected chi connectivity index (χ3v) is 8.55. The fourth-order valence-electron chi connectivity index (χ4n) is 4.69. The monoisotopic (exact) mass is 473 g/mol. The number of benzene rings is 1. The minimum Gasteiger partial charge on any atom is -0.490 e. The molecule has 0 saturated carbocycles. The quantitative estimate of drug-likeness (QED) is 0.670. The number of nitrogens with zero attached hydrogens (tertiary/aromatic N) is 5. The smallest absolute Gasteiger partial charge is 0.243 e. The van der Waals surface area contributed by atoms with Crippen molar-refractivity contribution in [3.8, 4) is 11.5 Å². The lowest BCUT2D eigenvalue weighted by Gasteiger charge is -2.35. The number of sulfonamides is 1. The average molecular weight is 474 g/mol. The Bertz CT molecular complexity index is 1070. The number of hydrogen-bond acceptors (Lipinski definition) is 8. The normalized spacial score (nSPS) is 22.2. The molecule has 1 unspecified atom stereocenters. The van der Waals surface area contributed by atoms with Crippen LogP contribution in [-0.4, -0.2) is 74.9 Å². The van der Waals surface area contributed by atoms with Crippen molar-refractivity contribution in [2.45, 2.75) is 43.5 Å². The third kappa shape index (κ3) is 4.59. The van der Waals surface area contributed by atoms with Gasteiger partial charge in [0.15, 0.2) is 23.1 Å². The molecule has 0 aliphatic carbocycles. The van der Waals surface area contributed by atoms with Crippen molar-refractivity contribution in [2.75, 3.05) is 55.7 Å². The molecule has 9 nitrogen and oxygen atoms in total. The fraction of sp³-hybridized carbons (Fsp3) is 0.565. The van der Waals surface area contributed by atoms with Gasteiger partial charge in [-0.3, -0.25) is 0 Å². The number of fused-ring (bicyclic) bond motifs is 1. The van der Waals surface area contributed by atoms with E-state index < -0.39 is 10.0 Å². The minimum atomic E-state index is -3.61. The van der Waals surface area contributed by atoms with Crippen molar-refractivity contribution in [2.24, 2.45) is 0 Å². The van der Waals surface area contributed by atoms with E-state index in [4.69, 9.17) is 9.47 Å². The van der Waals surface area contributed by atoms with Gasteiger partial charge in [0, 0.05) is 51.3 Å². The summed E-state index contributed by atoms with van der Waals surface area (Å²) in [7, 11) is -3.61. The molecule has 1 aromatic heterocycles. The molecule has 3 aliphatic rings. The van der Waals surface area contributed by atoms with Gasteiger partial charge in [0.25, 0.3) is 0 Å². The van der Waals surface area contributed by atoms with Crippen LogP contribution in [0.2, 0.25) is 0 Å². The summed E-state index contributed by atoms with van der Waals surface area (Å²) in [6.45, 7) is 6.26. The molecule has 4 heterocycles. The molecule has 10 heteroatoms. The largest absolute Gasteiger partial charge is 0.490 e. The van der Waals surface area contributed by atoms with E-state index in [0.717, 1.165) is 24.6 Å². The van der Waals surface area contributed by atoms with Crippen LogP contribution in [0.4, 0.5) is 11.6 Å². The highest BCUT2D eigenvalue weighted by molar-refractivity contribution is 7.89. The highest BCUT2D eigenvalue weighted by Crippen LogP contribution is 2.33.